The normalized spacial score (nSPS) is 12.8. The molecule has 1 aliphatic heterocycles. The first-order valence-corrected chi connectivity index (χ1v) is 8.04. The van der Waals surface area contributed by atoms with Crippen molar-refractivity contribution in [1.29, 1.82) is 0 Å². The number of nitrogens with zero attached hydrogens (tertiary/aromatic N) is 3. The third-order valence-corrected chi connectivity index (χ3v) is 4.34. The highest BCUT2D eigenvalue weighted by molar-refractivity contribution is 6.16. The molecule has 2 aromatic carbocycles. The molecule has 0 amide bonds. The summed E-state index contributed by atoms with van der Waals surface area (Å²) in [6.07, 6.45) is 1.74. The highest BCUT2D eigenvalue weighted by Crippen LogP contribution is 2.28. The number of aryl methyl sites for hydroxylation is 2. The van der Waals surface area contributed by atoms with Gasteiger partial charge in [-0.1, -0.05) is 6.07 Å². The van der Waals surface area contributed by atoms with E-state index in [1.807, 2.05) is 18.4 Å². The van der Waals surface area contributed by atoms with Crippen LogP contribution in [0.3, 0.4) is 0 Å². The fourth-order valence-electron chi connectivity index (χ4n) is 3.29. The van der Waals surface area contributed by atoms with Crippen molar-refractivity contribution in [3.63, 3.8) is 0 Å². The number of hydrogen-bond donors (Lipinski definition) is 0. The van der Waals surface area contributed by atoms with Crippen molar-refractivity contribution >= 4 is 5.71 Å². The average Bonchev–Trinajstić information content (AvgIpc) is 2.72. The van der Waals surface area contributed by atoms with E-state index in [1.165, 1.54) is 18.2 Å². The van der Waals surface area contributed by atoms with Gasteiger partial charge in [0.15, 0.2) is 0 Å². The molecule has 4 rings (SSSR count). The van der Waals surface area contributed by atoms with Gasteiger partial charge in [-0.25, -0.2) is 4.39 Å². The van der Waals surface area contributed by atoms with Crippen LogP contribution in [-0.4, -0.2) is 15.3 Å². The lowest BCUT2D eigenvalue weighted by atomic mass is 9.94. The second-order valence-electron chi connectivity index (χ2n) is 6.20. The van der Waals surface area contributed by atoms with Crippen LogP contribution >= 0.6 is 0 Å². The molecule has 4 nitrogen and oxygen atoms in total. The SMILES string of the molecule is Cc1cc(C)c2c(c1)-n1ccc(=O)nc1CN=C2c1ccc(F)cc1. The number of aliphatic imine (C=N–C) groups is 1. The molecule has 0 bridgehead atoms. The Morgan fingerprint density at radius 1 is 1.08 bits per heavy atom. The minimum Gasteiger partial charge on any atom is -0.303 e. The zero-order chi connectivity index (χ0) is 17.6. The maximum atomic E-state index is 13.3. The Morgan fingerprint density at radius 3 is 2.60 bits per heavy atom. The Kier molecular flexibility index (Phi) is 3.57. The quantitative estimate of drug-likeness (QED) is 0.686. The molecule has 1 aliphatic rings. The van der Waals surface area contributed by atoms with Crippen molar-refractivity contribution in [2.75, 3.05) is 0 Å². The van der Waals surface area contributed by atoms with E-state index >= 15 is 0 Å². The molecule has 0 aliphatic carbocycles. The van der Waals surface area contributed by atoms with Crippen molar-refractivity contribution < 1.29 is 4.39 Å². The Hall–Kier alpha value is -3.08. The molecule has 2 heterocycles. The van der Waals surface area contributed by atoms with E-state index in [2.05, 4.69) is 17.1 Å². The predicted octanol–water partition coefficient (Wildman–Crippen LogP) is 3.34. The summed E-state index contributed by atoms with van der Waals surface area (Å²) in [6, 6.07) is 11.9. The van der Waals surface area contributed by atoms with Crippen molar-refractivity contribution in [3.8, 4) is 5.69 Å². The van der Waals surface area contributed by atoms with Crippen molar-refractivity contribution in [2.45, 2.75) is 20.4 Å². The Morgan fingerprint density at radius 2 is 1.84 bits per heavy atom. The molecule has 1 aromatic heterocycles. The molecule has 0 radical (unpaired) electrons. The van der Waals surface area contributed by atoms with Gasteiger partial charge in [-0.3, -0.25) is 9.79 Å². The van der Waals surface area contributed by atoms with Crippen molar-refractivity contribution in [1.82, 2.24) is 9.55 Å². The van der Waals surface area contributed by atoms with Gasteiger partial charge >= 0.3 is 0 Å². The minimum atomic E-state index is -0.283. The summed E-state index contributed by atoms with van der Waals surface area (Å²) in [6.45, 7) is 4.35. The maximum Gasteiger partial charge on any atom is 0.272 e. The number of rotatable bonds is 1. The summed E-state index contributed by atoms with van der Waals surface area (Å²) in [5.74, 6) is 0.310. The summed E-state index contributed by atoms with van der Waals surface area (Å²) in [5, 5.41) is 0. The van der Waals surface area contributed by atoms with Crippen LogP contribution in [0.4, 0.5) is 4.39 Å². The van der Waals surface area contributed by atoms with Gasteiger partial charge in [-0.2, -0.15) is 4.98 Å². The maximum absolute atomic E-state index is 13.3. The van der Waals surface area contributed by atoms with Crippen molar-refractivity contribution in [3.05, 3.63) is 92.9 Å². The molecule has 0 atom stereocenters. The Labute approximate surface area is 144 Å². The van der Waals surface area contributed by atoms with E-state index in [0.29, 0.717) is 5.82 Å². The molecule has 0 unspecified atom stereocenters. The lowest BCUT2D eigenvalue weighted by Crippen LogP contribution is -2.15. The Balaban J connectivity index is 2.04. The van der Waals surface area contributed by atoms with E-state index in [-0.39, 0.29) is 17.9 Å². The summed E-state index contributed by atoms with van der Waals surface area (Å²) in [7, 11) is 0. The van der Waals surface area contributed by atoms with E-state index in [9.17, 15) is 9.18 Å². The van der Waals surface area contributed by atoms with Gasteiger partial charge < -0.3 is 4.57 Å². The third kappa shape index (κ3) is 2.67. The van der Waals surface area contributed by atoms with Gasteiger partial charge in [0, 0.05) is 23.4 Å². The van der Waals surface area contributed by atoms with Crippen LogP contribution in [0.25, 0.3) is 5.69 Å². The number of halogens is 1. The molecule has 25 heavy (non-hydrogen) atoms. The van der Waals surface area contributed by atoms with Gasteiger partial charge in [0.2, 0.25) is 0 Å². The standard InChI is InChI=1S/C20H16FN3O/c1-12-9-13(2)19-16(10-12)24-8-7-18(25)23-17(24)11-22-20(19)14-3-5-15(21)6-4-14/h3-10H,11H2,1-2H3. The molecule has 0 saturated heterocycles. The van der Waals surface area contributed by atoms with E-state index < -0.39 is 0 Å². The topological polar surface area (TPSA) is 47.2 Å². The summed E-state index contributed by atoms with van der Waals surface area (Å²) in [4.78, 5) is 20.5. The first-order valence-electron chi connectivity index (χ1n) is 8.04. The zero-order valence-corrected chi connectivity index (χ0v) is 14.0. The zero-order valence-electron chi connectivity index (χ0n) is 14.0. The van der Waals surface area contributed by atoms with Crippen LogP contribution in [0.15, 0.2) is 58.4 Å². The van der Waals surface area contributed by atoms with Crippen LogP contribution in [-0.2, 0) is 6.54 Å². The molecule has 0 saturated carbocycles. The first kappa shape index (κ1) is 15.4. The second kappa shape index (κ2) is 5.77. The molecular formula is C20H16FN3O. The van der Waals surface area contributed by atoms with Crippen LogP contribution in [0, 0.1) is 19.7 Å². The van der Waals surface area contributed by atoms with E-state index in [1.54, 1.807) is 18.3 Å². The molecule has 0 N–H and O–H groups in total. The first-order chi connectivity index (χ1) is 12.0. The summed E-state index contributed by atoms with van der Waals surface area (Å²) < 4.78 is 15.2. The van der Waals surface area contributed by atoms with Gasteiger partial charge in [-0.15, -0.1) is 0 Å². The lowest BCUT2D eigenvalue weighted by molar-refractivity contribution is 0.628. The number of benzene rings is 2. The number of aromatic nitrogens is 2. The second-order valence-corrected chi connectivity index (χ2v) is 6.20. The Bertz CT molecular complexity index is 1070. The van der Waals surface area contributed by atoms with Crippen molar-refractivity contribution in [2.24, 2.45) is 4.99 Å². The lowest BCUT2D eigenvalue weighted by Gasteiger charge is -2.17. The molecule has 0 fully saturated rings. The smallest absolute Gasteiger partial charge is 0.272 e. The summed E-state index contributed by atoms with van der Waals surface area (Å²) >= 11 is 0. The van der Waals surface area contributed by atoms with E-state index in [0.717, 1.165) is 33.7 Å². The van der Waals surface area contributed by atoms with Gasteiger partial charge in [-0.05, 0) is 55.3 Å². The van der Waals surface area contributed by atoms with Gasteiger partial charge in [0.1, 0.15) is 11.6 Å². The predicted molar refractivity (Wildman–Crippen MR) is 95.1 cm³/mol. The molecule has 5 heteroatoms. The molecular weight excluding hydrogens is 317 g/mol. The van der Waals surface area contributed by atoms with E-state index in [4.69, 9.17) is 4.99 Å². The summed E-state index contributed by atoms with van der Waals surface area (Å²) in [5.41, 5.74) is 5.43. The minimum absolute atomic E-state index is 0.280. The molecule has 0 spiro atoms. The average molecular weight is 333 g/mol. The number of hydrogen-bond acceptors (Lipinski definition) is 3. The largest absolute Gasteiger partial charge is 0.303 e. The van der Waals surface area contributed by atoms with Gasteiger partial charge in [0.25, 0.3) is 5.56 Å². The van der Waals surface area contributed by atoms with Crippen LogP contribution in [0.1, 0.15) is 28.1 Å². The van der Waals surface area contributed by atoms with Crippen LogP contribution in [0.5, 0.6) is 0 Å². The highest BCUT2D eigenvalue weighted by atomic mass is 19.1. The third-order valence-electron chi connectivity index (χ3n) is 4.34. The fraction of sp³-hybridized carbons (Fsp3) is 0.150. The number of fused-ring (bicyclic) bond motifs is 3. The van der Waals surface area contributed by atoms with Crippen LogP contribution < -0.4 is 5.56 Å². The molecule has 3 aromatic rings. The fourth-order valence-corrected chi connectivity index (χ4v) is 3.29. The highest BCUT2D eigenvalue weighted by Gasteiger charge is 2.21. The van der Waals surface area contributed by atoms with Crippen LogP contribution in [0.2, 0.25) is 0 Å². The molecule has 124 valence electrons. The van der Waals surface area contributed by atoms with Gasteiger partial charge in [0.05, 0.1) is 17.9 Å². The monoisotopic (exact) mass is 333 g/mol.